The van der Waals surface area contributed by atoms with E-state index in [0.29, 0.717) is 19.0 Å². The van der Waals surface area contributed by atoms with Gasteiger partial charge in [0.15, 0.2) is 0 Å². The van der Waals surface area contributed by atoms with Crippen molar-refractivity contribution in [1.82, 2.24) is 4.90 Å². The quantitative estimate of drug-likeness (QED) is 0.763. The maximum atomic E-state index is 11.1. The number of thiophene rings is 1. The number of primary amides is 1. The highest BCUT2D eigenvalue weighted by Gasteiger charge is 2.13. The summed E-state index contributed by atoms with van der Waals surface area (Å²) in [5, 5.41) is 2.01. The highest BCUT2D eigenvalue weighted by Crippen LogP contribution is 2.18. The molecule has 5 heteroatoms. The van der Waals surface area contributed by atoms with E-state index in [4.69, 9.17) is 11.5 Å². The van der Waals surface area contributed by atoms with Gasteiger partial charge in [-0.25, -0.2) is 0 Å². The van der Waals surface area contributed by atoms with Crippen LogP contribution in [0.4, 0.5) is 0 Å². The third-order valence-electron chi connectivity index (χ3n) is 2.44. The fraction of sp³-hybridized carbons (Fsp3) is 0.500. The Morgan fingerprint density at radius 2 is 2.26 bits per heavy atom. The average Bonchev–Trinajstić information content (AvgIpc) is 2.72. The summed E-state index contributed by atoms with van der Waals surface area (Å²) in [5.41, 5.74) is 11.7. The molecule has 1 amide bonds. The monoisotopic (exact) mass is 279 g/mol. The summed E-state index contributed by atoms with van der Waals surface area (Å²) in [6, 6.07) is 1.99. The van der Waals surface area contributed by atoms with E-state index >= 15 is 0 Å². The smallest absolute Gasteiger partial charge is 0.231 e. The zero-order valence-electron chi connectivity index (χ0n) is 11.5. The molecule has 19 heavy (non-hydrogen) atoms. The molecule has 0 atom stereocenters. The Morgan fingerprint density at radius 3 is 2.84 bits per heavy atom. The van der Waals surface area contributed by atoms with Crippen LogP contribution < -0.4 is 11.5 Å². The van der Waals surface area contributed by atoms with Gasteiger partial charge in [-0.3, -0.25) is 9.69 Å². The van der Waals surface area contributed by atoms with Gasteiger partial charge in [0.05, 0.1) is 13.1 Å². The molecule has 0 saturated heterocycles. The van der Waals surface area contributed by atoms with Gasteiger partial charge in [0.1, 0.15) is 0 Å². The van der Waals surface area contributed by atoms with Crippen molar-refractivity contribution in [3.8, 4) is 11.8 Å². The Bertz CT molecular complexity index is 471. The number of amides is 1. The predicted molar refractivity (Wildman–Crippen MR) is 79.6 cm³/mol. The maximum Gasteiger partial charge on any atom is 0.231 e. The molecular weight excluding hydrogens is 258 g/mol. The van der Waals surface area contributed by atoms with Crippen LogP contribution in [0.15, 0.2) is 11.4 Å². The molecule has 0 unspecified atom stereocenters. The molecular formula is C14H21N3OS. The largest absolute Gasteiger partial charge is 0.369 e. The van der Waals surface area contributed by atoms with Crippen LogP contribution in [0.1, 0.15) is 24.3 Å². The summed E-state index contributed by atoms with van der Waals surface area (Å²) in [4.78, 5) is 14.3. The lowest BCUT2D eigenvalue weighted by molar-refractivity contribution is -0.119. The van der Waals surface area contributed by atoms with E-state index in [1.165, 1.54) is 0 Å². The fourth-order valence-corrected chi connectivity index (χ4v) is 2.72. The Hall–Kier alpha value is -1.35. The minimum Gasteiger partial charge on any atom is -0.369 e. The number of carbonyl (C=O) groups excluding carboxylic acids is 1. The van der Waals surface area contributed by atoms with Crippen LogP contribution in [0, 0.1) is 17.8 Å². The minimum atomic E-state index is -0.299. The fourth-order valence-electron chi connectivity index (χ4n) is 1.85. The van der Waals surface area contributed by atoms with E-state index < -0.39 is 0 Å². The first kappa shape index (κ1) is 15.7. The van der Waals surface area contributed by atoms with Crippen LogP contribution in [0.25, 0.3) is 0 Å². The Balaban J connectivity index is 2.77. The first-order valence-corrected chi connectivity index (χ1v) is 7.16. The number of carbonyl (C=O) groups is 1. The molecule has 0 aromatic carbocycles. The van der Waals surface area contributed by atoms with Crippen LogP contribution >= 0.6 is 11.3 Å². The van der Waals surface area contributed by atoms with Gasteiger partial charge in [0.25, 0.3) is 0 Å². The number of nitrogens with two attached hydrogens (primary N) is 2. The Kier molecular flexibility index (Phi) is 6.57. The number of hydrogen-bond donors (Lipinski definition) is 2. The molecule has 1 aromatic rings. The van der Waals surface area contributed by atoms with Crippen molar-refractivity contribution in [3.63, 3.8) is 0 Å². The van der Waals surface area contributed by atoms with Gasteiger partial charge < -0.3 is 11.5 Å². The molecule has 4 nitrogen and oxygen atoms in total. The number of rotatable bonds is 6. The summed E-state index contributed by atoms with van der Waals surface area (Å²) < 4.78 is 0. The summed E-state index contributed by atoms with van der Waals surface area (Å²) in [6.07, 6.45) is 0. The van der Waals surface area contributed by atoms with Crippen LogP contribution in [-0.4, -0.2) is 30.4 Å². The van der Waals surface area contributed by atoms with Crippen molar-refractivity contribution in [3.05, 3.63) is 21.9 Å². The van der Waals surface area contributed by atoms with Crippen molar-refractivity contribution in [2.75, 3.05) is 19.6 Å². The normalized spacial score (nSPS) is 10.6. The van der Waals surface area contributed by atoms with Gasteiger partial charge in [-0.05, 0) is 17.4 Å². The molecule has 0 radical (unpaired) electrons. The second-order valence-corrected chi connectivity index (χ2v) is 5.79. The highest BCUT2D eigenvalue weighted by molar-refractivity contribution is 7.10. The highest BCUT2D eigenvalue weighted by atomic mass is 32.1. The minimum absolute atomic E-state index is 0.278. The zero-order valence-corrected chi connectivity index (χ0v) is 12.3. The molecule has 0 aliphatic heterocycles. The Labute approximate surface area is 118 Å². The molecule has 1 aromatic heterocycles. The van der Waals surface area contributed by atoms with Crippen LogP contribution in [0.3, 0.4) is 0 Å². The standard InChI is InChI=1S/C14H21N3OS/c1-11(2)8-17(10-14(16)18)9-13-12(4-3-6-15)5-7-19-13/h5,7,11H,6,8-10,15H2,1-2H3,(H2,16,18). The molecule has 0 saturated carbocycles. The van der Waals surface area contributed by atoms with Crippen molar-refractivity contribution < 1.29 is 4.79 Å². The lowest BCUT2D eigenvalue weighted by atomic mass is 10.2. The van der Waals surface area contributed by atoms with Crippen molar-refractivity contribution in [1.29, 1.82) is 0 Å². The molecule has 1 rings (SSSR count). The van der Waals surface area contributed by atoms with Crippen molar-refractivity contribution >= 4 is 17.2 Å². The van der Waals surface area contributed by atoms with E-state index in [1.54, 1.807) is 11.3 Å². The molecule has 0 fully saturated rings. The summed E-state index contributed by atoms with van der Waals surface area (Å²) in [6.45, 7) is 6.42. The van der Waals surface area contributed by atoms with Gasteiger partial charge in [-0.15, -0.1) is 11.3 Å². The molecule has 0 aliphatic rings. The van der Waals surface area contributed by atoms with Crippen LogP contribution in [-0.2, 0) is 11.3 Å². The van der Waals surface area contributed by atoms with Crippen molar-refractivity contribution in [2.24, 2.45) is 17.4 Å². The van der Waals surface area contributed by atoms with E-state index in [9.17, 15) is 4.79 Å². The van der Waals surface area contributed by atoms with Gasteiger partial charge >= 0.3 is 0 Å². The first-order chi connectivity index (χ1) is 9.02. The van der Waals surface area contributed by atoms with Gasteiger partial charge in [0.2, 0.25) is 5.91 Å². The third kappa shape index (κ3) is 5.88. The van der Waals surface area contributed by atoms with Crippen LogP contribution in [0.5, 0.6) is 0 Å². The first-order valence-electron chi connectivity index (χ1n) is 6.29. The van der Waals surface area contributed by atoms with Gasteiger partial charge in [0, 0.05) is 23.5 Å². The molecule has 0 bridgehead atoms. The van der Waals surface area contributed by atoms with E-state index in [-0.39, 0.29) is 12.5 Å². The van der Waals surface area contributed by atoms with Gasteiger partial charge in [-0.1, -0.05) is 25.7 Å². The second-order valence-electron chi connectivity index (χ2n) is 4.79. The van der Waals surface area contributed by atoms with E-state index in [1.807, 2.05) is 11.4 Å². The van der Waals surface area contributed by atoms with Crippen LogP contribution in [0.2, 0.25) is 0 Å². The SMILES string of the molecule is CC(C)CN(CC(N)=O)Cc1sccc1C#CCN. The molecule has 104 valence electrons. The molecule has 0 spiro atoms. The summed E-state index contributed by atoms with van der Waals surface area (Å²) >= 11 is 1.65. The predicted octanol–water partition coefficient (Wildman–Crippen LogP) is 1.00. The van der Waals surface area contributed by atoms with E-state index in [2.05, 4.69) is 30.6 Å². The average molecular weight is 279 g/mol. The summed E-state index contributed by atoms with van der Waals surface area (Å²) in [5.74, 6) is 6.10. The number of hydrogen-bond acceptors (Lipinski definition) is 4. The lowest BCUT2D eigenvalue weighted by Gasteiger charge is -2.22. The molecule has 1 heterocycles. The maximum absolute atomic E-state index is 11.1. The van der Waals surface area contributed by atoms with E-state index in [0.717, 1.165) is 17.0 Å². The second kappa shape index (κ2) is 7.95. The third-order valence-corrected chi connectivity index (χ3v) is 3.35. The topological polar surface area (TPSA) is 72.3 Å². The molecule has 4 N–H and O–H groups in total. The zero-order chi connectivity index (χ0) is 14.3. The van der Waals surface area contributed by atoms with Crippen molar-refractivity contribution in [2.45, 2.75) is 20.4 Å². The number of nitrogens with zero attached hydrogens (tertiary/aromatic N) is 1. The molecule has 0 aliphatic carbocycles. The summed E-state index contributed by atoms with van der Waals surface area (Å²) in [7, 11) is 0. The lowest BCUT2D eigenvalue weighted by Crippen LogP contribution is -2.35. The Morgan fingerprint density at radius 1 is 1.53 bits per heavy atom. The van der Waals surface area contributed by atoms with Gasteiger partial charge in [-0.2, -0.15) is 0 Å².